The summed E-state index contributed by atoms with van der Waals surface area (Å²) < 4.78 is 29.7. The minimum Gasteiger partial charge on any atom is -0.331 e. The van der Waals surface area contributed by atoms with Gasteiger partial charge in [-0.3, -0.25) is 0 Å². The zero-order valence-electron chi connectivity index (χ0n) is 21.9. The molecule has 4 rings (SSSR count). The lowest BCUT2D eigenvalue weighted by Crippen LogP contribution is -2.40. The van der Waals surface area contributed by atoms with Gasteiger partial charge in [0.05, 0.1) is 20.8 Å². The van der Waals surface area contributed by atoms with E-state index in [9.17, 15) is 13.2 Å². The van der Waals surface area contributed by atoms with Crippen molar-refractivity contribution in [3.8, 4) is 10.4 Å². The van der Waals surface area contributed by atoms with Crippen LogP contribution in [0.25, 0.3) is 10.4 Å². The molecule has 0 aliphatic heterocycles. The summed E-state index contributed by atoms with van der Waals surface area (Å²) in [5.41, 5.74) is 1.29. The maximum atomic E-state index is 13.5. The third-order valence-corrected chi connectivity index (χ3v) is 9.35. The van der Waals surface area contributed by atoms with E-state index < -0.39 is 21.6 Å². The van der Waals surface area contributed by atoms with Crippen molar-refractivity contribution in [2.75, 3.05) is 5.32 Å². The first-order valence-electron chi connectivity index (χ1n) is 12.8. The standard InChI is InChI=1S/C28H36N4O3S2/c1-19(20-11-7-5-8-12-20)30-27(33)31-22-15-16-23(25(17-22)37(34,35)32-28(2,3)4)24-18-29-26(36-24)21-13-9-6-10-14-21/h5,7-8,11-12,15-19,21,32H,6,9-10,13-14H2,1-4H3,(H2,30,31,33)/t19-/m0/s1. The summed E-state index contributed by atoms with van der Waals surface area (Å²) in [4.78, 5) is 18.3. The Labute approximate surface area is 224 Å². The highest BCUT2D eigenvalue weighted by atomic mass is 32.2. The van der Waals surface area contributed by atoms with Crippen LogP contribution >= 0.6 is 11.3 Å². The van der Waals surface area contributed by atoms with E-state index >= 15 is 0 Å². The maximum Gasteiger partial charge on any atom is 0.319 e. The lowest BCUT2D eigenvalue weighted by Gasteiger charge is -2.22. The van der Waals surface area contributed by atoms with Gasteiger partial charge in [-0.1, -0.05) is 55.7 Å². The number of carbonyl (C=O) groups excluding carboxylic acids is 1. The molecule has 1 aliphatic rings. The highest BCUT2D eigenvalue weighted by molar-refractivity contribution is 7.89. The lowest BCUT2D eigenvalue weighted by molar-refractivity contribution is 0.249. The summed E-state index contributed by atoms with van der Waals surface area (Å²) in [7, 11) is -3.88. The number of nitrogens with one attached hydrogen (secondary N) is 3. The average Bonchev–Trinajstić information content (AvgIpc) is 3.34. The van der Waals surface area contributed by atoms with Crippen LogP contribution in [0.15, 0.2) is 59.6 Å². The third-order valence-electron chi connectivity index (χ3n) is 6.36. The molecule has 9 heteroatoms. The van der Waals surface area contributed by atoms with Crippen molar-refractivity contribution < 1.29 is 13.2 Å². The molecular weight excluding hydrogens is 504 g/mol. The van der Waals surface area contributed by atoms with Crippen molar-refractivity contribution >= 4 is 33.1 Å². The molecule has 1 fully saturated rings. The Morgan fingerprint density at radius 3 is 2.43 bits per heavy atom. The molecule has 198 valence electrons. The van der Waals surface area contributed by atoms with E-state index in [1.165, 1.54) is 25.3 Å². The Bertz CT molecular complexity index is 1320. The monoisotopic (exact) mass is 540 g/mol. The molecule has 1 atom stereocenters. The second-order valence-corrected chi connectivity index (χ2v) is 13.4. The molecule has 3 aromatic rings. The molecule has 3 N–H and O–H groups in total. The molecule has 2 aromatic carbocycles. The van der Waals surface area contributed by atoms with Crippen molar-refractivity contribution in [2.45, 2.75) is 82.2 Å². The van der Waals surface area contributed by atoms with Gasteiger partial charge < -0.3 is 10.6 Å². The summed E-state index contributed by atoms with van der Waals surface area (Å²) in [6.07, 6.45) is 7.72. The normalized spacial score (nSPS) is 15.8. The van der Waals surface area contributed by atoms with E-state index in [-0.39, 0.29) is 10.9 Å². The highest BCUT2D eigenvalue weighted by Crippen LogP contribution is 2.39. The summed E-state index contributed by atoms with van der Waals surface area (Å²) in [6.45, 7) is 7.31. The predicted molar refractivity (Wildman–Crippen MR) is 150 cm³/mol. The minimum atomic E-state index is -3.88. The largest absolute Gasteiger partial charge is 0.331 e. The fourth-order valence-electron chi connectivity index (χ4n) is 4.62. The van der Waals surface area contributed by atoms with Crippen LogP contribution in [0.3, 0.4) is 0 Å². The Morgan fingerprint density at radius 1 is 1.05 bits per heavy atom. The van der Waals surface area contributed by atoms with Gasteiger partial charge in [0.1, 0.15) is 0 Å². The van der Waals surface area contributed by atoms with E-state index in [2.05, 4.69) is 20.3 Å². The van der Waals surface area contributed by atoms with E-state index in [4.69, 9.17) is 0 Å². The van der Waals surface area contributed by atoms with E-state index in [0.29, 0.717) is 17.2 Å². The molecule has 0 bridgehead atoms. The van der Waals surface area contributed by atoms with Crippen molar-refractivity contribution in [1.29, 1.82) is 0 Å². The van der Waals surface area contributed by atoms with Gasteiger partial charge in [0.2, 0.25) is 10.0 Å². The number of hydrogen-bond acceptors (Lipinski definition) is 5. The second kappa shape index (κ2) is 11.3. The van der Waals surface area contributed by atoms with Gasteiger partial charge in [-0.25, -0.2) is 22.9 Å². The van der Waals surface area contributed by atoms with E-state index in [0.717, 1.165) is 28.3 Å². The van der Waals surface area contributed by atoms with Gasteiger partial charge >= 0.3 is 6.03 Å². The number of amides is 2. The molecule has 0 radical (unpaired) electrons. The predicted octanol–water partition coefficient (Wildman–Crippen LogP) is 6.82. The van der Waals surface area contributed by atoms with Gasteiger partial charge in [-0.15, -0.1) is 11.3 Å². The smallest absolute Gasteiger partial charge is 0.319 e. The summed E-state index contributed by atoms with van der Waals surface area (Å²) in [6, 6.07) is 14.0. The Hall–Kier alpha value is -2.75. The molecule has 0 saturated heterocycles. The number of sulfonamides is 1. The molecule has 1 aliphatic carbocycles. The number of thiazole rings is 1. The Kier molecular flexibility index (Phi) is 8.36. The SMILES string of the molecule is C[C@H](NC(=O)Nc1ccc(-c2cnc(C3CCCCC3)s2)c(S(=O)(=O)NC(C)(C)C)c1)c1ccccc1. The molecule has 1 heterocycles. The molecule has 1 aromatic heterocycles. The van der Waals surface area contributed by atoms with Crippen LogP contribution in [0, 0.1) is 0 Å². The van der Waals surface area contributed by atoms with Gasteiger partial charge in [0.25, 0.3) is 0 Å². The fourth-order valence-corrected chi connectivity index (χ4v) is 7.48. The van der Waals surface area contributed by atoms with Crippen LogP contribution in [0.4, 0.5) is 10.5 Å². The minimum absolute atomic E-state index is 0.121. The van der Waals surface area contributed by atoms with Crippen LogP contribution in [0.5, 0.6) is 0 Å². The number of benzene rings is 2. The molecule has 37 heavy (non-hydrogen) atoms. The van der Waals surface area contributed by atoms with Gasteiger partial charge in [0.15, 0.2) is 0 Å². The number of hydrogen-bond donors (Lipinski definition) is 3. The highest BCUT2D eigenvalue weighted by Gasteiger charge is 2.27. The molecule has 2 amide bonds. The molecule has 1 saturated carbocycles. The van der Waals surface area contributed by atoms with Gasteiger partial charge in [-0.05, 0) is 58.2 Å². The van der Waals surface area contributed by atoms with Crippen LogP contribution < -0.4 is 15.4 Å². The average molecular weight is 541 g/mol. The van der Waals surface area contributed by atoms with Crippen LogP contribution in [0.2, 0.25) is 0 Å². The number of aromatic nitrogens is 1. The van der Waals surface area contributed by atoms with Crippen molar-refractivity contribution in [2.24, 2.45) is 0 Å². The maximum absolute atomic E-state index is 13.5. The molecule has 0 unspecified atom stereocenters. The van der Waals surface area contributed by atoms with E-state index in [1.54, 1.807) is 50.4 Å². The number of nitrogens with zero attached hydrogens (tertiary/aromatic N) is 1. The zero-order valence-corrected chi connectivity index (χ0v) is 23.5. The lowest BCUT2D eigenvalue weighted by atomic mass is 9.90. The topological polar surface area (TPSA) is 100 Å². The first kappa shape index (κ1) is 27.3. The Morgan fingerprint density at radius 2 is 1.76 bits per heavy atom. The van der Waals surface area contributed by atoms with Crippen LogP contribution in [-0.4, -0.2) is 25.0 Å². The van der Waals surface area contributed by atoms with Gasteiger partial charge in [0, 0.05) is 28.9 Å². The van der Waals surface area contributed by atoms with Crippen molar-refractivity contribution in [1.82, 2.24) is 15.0 Å². The number of anilines is 1. The molecular formula is C28H36N4O3S2. The van der Waals surface area contributed by atoms with Crippen LogP contribution in [0.1, 0.15) is 82.3 Å². The number of rotatable bonds is 7. The van der Waals surface area contributed by atoms with Crippen molar-refractivity contribution in [3.63, 3.8) is 0 Å². The van der Waals surface area contributed by atoms with E-state index in [1.807, 2.05) is 37.3 Å². The van der Waals surface area contributed by atoms with Crippen molar-refractivity contribution in [3.05, 3.63) is 65.3 Å². The summed E-state index contributed by atoms with van der Waals surface area (Å²) >= 11 is 1.56. The zero-order chi connectivity index (χ0) is 26.6. The number of urea groups is 1. The Balaban J connectivity index is 1.62. The third kappa shape index (κ3) is 7.18. The quantitative estimate of drug-likeness (QED) is 0.306. The van der Waals surface area contributed by atoms with Gasteiger partial charge in [-0.2, -0.15) is 0 Å². The second-order valence-electron chi connectivity index (χ2n) is 10.7. The molecule has 7 nitrogen and oxygen atoms in total. The molecule has 0 spiro atoms. The first-order valence-corrected chi connectivity index (χ1v) is 15.1. The summed E-state index contributed by atoms with van der Waals surface area (Å²) in [5.74, 6) is 0.441. The summed E-state index contributed by atoms with van der Waals surface area (Å²) in [5, 5.41) is 6.77. The number of carbonyl (C=O) groups is 1. The van der Waals surface area contributed by atoms with Crippen LogP contribution in [-0.2, 0) is 10.0 Å². The first-order chi connectivity index (χ1) is 17.5. The fraction of sp³-hybridized carbons (Fsp3) is 0.429.